The van der Waals surface area contributed by atoms with E-state index in [0.29, 0.717) is 18.0 Å². The second kappa shape index (κ2) is 6.46. The standard InChI is InChI=1S/C14H22N2O3S2/c1-4-11-8-13(20-10(11)2)14(17)15-12-6-5-7-16(9-12)21(3,18)19/h8,12H,4-7,9H2,1-3H3,(H,15,17). The second-order valence-electron chi connectivity index (χ2n) is 5.48. The third-order valence-electron chi connectivity index (χ3n) is 3.81. The fourth-order valence-electron chi connectivity index (χ4n) is 2.60. The molecule has 1 saturated heterocycles. The predicted octanol–water partition coefficient (Wildman–Crippen LogP) is 1.77. The molecule has 0 spiro atoms. The van der Waals surface area contributed by atoms with Gasteiger partial charge in [0, 0.05) is 24.0 Å². The molecular weight excluding hydrogens is 308 g/mol. The van der Waals surface area contributed by atoms with Crippen LogP contribution in [0.5, 0.6) is 0 Å². The summed E-state index contributed by atoms with van der Waals surface area (Å²) in [7, 11) is -3.18. The lowest BCUT2D eigenvalue weighted by Gasteiger charge is -2.31. The van der Waals surface area contributed by atoms with Gasteiger partial charge in [-0.1, -0.05) is 6.92 Å². The van der Waals surface area contributed by atoms with Crippen molar-refractivity contribution >= 4 is 27.3 Å². The molecule has 21 heavy (non-hydrogen) atoms. The summed E-state index contributed by atoms with van der Waals surface area (Å²) in [5.74, 6) is -0.0943. The van der Waals surface area contributed by atoms with Crippen molar-refractivity contribution in [1.29, 1.82) is 0 Å². The van der Waals surface area contributed by atoms with Crippen molar-refractivity contribution < 1.29 is 13.2 Å². The summed E-state index contributed by atoms with van der Waals surface area (Å²) in [5.41, 5.74) is 1.20. The molecule has 7 heteroatoms. The Morgan fingerprint density at radius 3 is 2.81 bits per heavy atom. The largest absolute Gasteiger partial charge is 0.347 e. The van der Waals surface area contributed by atoms with E-state index in [9.17, 15) is 13.2 Å². The Hall–Kier alpha value is -0.920. The lowest BCUT2D eigenvalue weighted by atomic mass is 10.1. The maximum Gasteiger partial charge on any atom is 0.261 e. The van der Waals surface area contributed by atoms with Gasteiger partial charge < -0.3 is 5.32 Å². The van der Waals surface area contributed by atoms with Gasteiger partial charge >= 0.3 is 0 Å². The summed E-state index contributed by atoms with van der Waals surface area (Å²) in [6.07, 6.45) is 3.73. The second-order valence-corrected chi connectivity index (χ2v) is 8.72. The van der Waals surface area contributed by atoms with Crippen molar-refractivity contribution in [3.8, 4) is 0 Å². The van der Waals surface area contributed by atoms with Gasteiger partial charge in [0.1, 0.15) is 0 Å². The fourth-order valence-corrected chi connectivity index (χ4v) is 4.53. The predicted molar refractivity (Wildman–Crippen MR) is 85.3 cm³/mol. The zero-order valence-corrected chi connectivity index (χ0v) is 14.3. The van der Waals surface area contributed by atoms with Crippen molar-refractivity contribution in [1.82, 2.24) is 9.62 Å². The number of nitrogens with one attached hydrogen (secondary N) is 1. The van der Waals surface area contributed by atoms with E-state index >= 15 is 0 Å². The Morgan fingerprint density at radius 1 is 1.52 bits per heavy atom. The van der Waals surface area contributed by atoms with Crippen LogP contribution in [0, 0.1) is 6.92 Å². The third kappa shape index (κ3) is 4.05. The quantitative estimate of drug-likeness (QED) is 0.915. The van der Waals surface area contributed by atoms with Crippen LogP contribution in [0.4, 0.5) is 0 Å². The van der Waals surface area contributed by atoms with Crippen molar-refractivity contribution in [3.63, 3.8) is 0 Å². The minimum absolute atomic E-state index is 0.0943. The third-order valence-corrected chi connectivity index (χ3v) is 6.17. The first-order chi connectivity index (χ1) is 9.81. The van der Waals surface area contributed by atoms with Crippen LogP contribution in [0.1, 0.15) is 39.9 Å². The van der Waals surface area contributed by atoms with Gasteiger partial charge in [0.15, 0.2) is 0 Å². The number of aryl methyl sites for hydroxylation is 2. The number of piperidine rings is 1. The molecule has 2 rings (SSSR count). The first-order valence-electron chi connectivity index (χ1n) is 7.16. The molecule has 0 radical (unpaired) electrons. The molecular formula is C14H22N2O3S2. The molecule has 1 unspecified atom stereocenters. The number of hydrogen-bond donors (Lipinski definition) is 1. The number of carbonyl (C=O) groups is 1. The van der Waals surface area contributed by atoms with Crippen LogP contribution < -0.4 is 5.32 Å². The molecule has 1 aromatic heterocycles. The molecule has 0 bridgehead atoms. The highest BCUT2D eigenvalue weighted by molar-refractivity contribution is 7.88. The van der Waals surface area contributed by atoms with E-state index in [-0.39, 0.29) is 11.9 Å². The maximum atomic E-state index is 12.3. The van der Waals surface area contributed by atoms with E-state index < -0.39 is 10.0 Å². The molecule has 0 saturated carbocycles. The number of amides is 1. The molecule has 0 aromatic carbocycles. The van der Waals surface area contributed by atoms with Gasteiger partial charge in [0.2, 0.25) is 10.0 Å². The molecule has 1 aliphatic rings. The molecule has 1 fully saturated rings. The topological polar surface area (TPSA) is 66.5 Å². The molecule has 1 N–H and O–H groups in total. The van der Waals surface area contributed by atoms with Gasteiger partial charge in [-0.3, -0.25) is 4.79 Å². The van der Waals surface area contributed by atoms with E-state index in [2.05, 4.69) is 12.2 Å². The summed E-state index contributed by atoms with van der Waals surface area (Å²) in [6, 6.07) is 1.83. The lowest BCUT2D eigenvalue weighted by Crippen LogP contribution is -2.49. The minimum atomic E-state index is -3.18. The highest BCUT2D eigenvalue weighted by Crippen LogP contribution is 2.22. The fraction of sp³-hybridized carbons (Fsp3) is 0.643. The number of thiophene rings is 1. The van der Waals surface area contributed by atoms with Crippen LogP contribution in [0.25, 0.3) is 0 Å². The van der Waals surface area contributed by atoms with Crippen molar-refractivity contribution in [3.05, 3.63) is 21.4 Å². The van der Waals surface area contributed by atoms with Crippen LogP contribution in [-0.2, 0) is 16.4 Å². The molecule has 5 nitrogen and oxygen atoms in total. The highest BCUT2D eigenvalue weighted by atomic mass is 32.2. The Labute approximate surface area is 130 Å². The smallest absolute Gasteiger partial charge is 0.261 e. The summed E-state index contributed by atoms with van der Waals surface area (Å²) in [4.78, 5) is 14.2. The molecule has 1 atom stereocenters. The van der Waals surface area contributed by atoms with E-state index in [1.54, 1.807) is 0 Å². The van der Waals surface area contributed by atoms with Gasteiger partial charge in [-0.25, -0.2) is 12.7 Å². The Balaban J connectivity index is 2.02. The summed E-state index contributed by atoms with van der Waals surface area (Å²) in [5, 5.41) is 2.97. The Bertz CT molecular complexity index is 622. The zero-order valence-electron chi connectivity index (χ0n) is 12.7. The Kier molecular flexibility index (Phi) is 5.06. The van der Waals surface area contributed by atoms with Gasteiger partial charge in [0.25, 0.3) is 5.91 Å². The summed E-state index contributed by atoms with van der Waals surface area (Å²) < 4.78 is 24.6. The molecule has 1 aromatic rings. The normalized spacial score (nSPS) is 20.4. The van der Waals surface area contributed by atoms with Crippen LogP contribution >= 0.6 is 11.3 Å². The van der Waals surface area contributed by atoms with Gasteiger partial charge in [-0.05, 0) is 37.8 Å². The number of nitrogens with zero attached hydrogens (tertiary/aromatic N) is 1. The molecule has 1 aliphatic heterocycles. The molecule has 0 aliphatic carbocycles. The van der Waals surface area contributed by atoms with Gasteiger partial charge in [-0.2, -0.15) is 0 Å². The average Bonchev–Trinajstić information content (AvgIpc) is 2.79. The van der Waals surface area contributed by atoms with Crippen LogP contribution in [0.2, 0.25) is 0 Å². The van der Waals surface area contributed by atoms with E-state index in [1.165, 1.54) is 32.3 Å². The van der Waals surface area contributed by atoms with Crippen molar-refractivity contribution in [2.24, 2.45) is 0 Å². The van der Waals surface area contributed by atoms with Gasteiger partial charge in [-0.15, -0.1) is 11.3 Å². The average molecular weight is 330 g/mol. The van der Waals surface area contributed by atoms with Gasteiger partial charge in [0.05, 0.1) is 11.1 Å². The van der Waals surface area contributed by atoms with Crippen LogP contribution in [0.15, 0.2) is 6.07 Å². The molecule has 118 valence electrons. The first-order valence-corrected chi connectivity index (χ1v) is 9.83. The number of rotatable bonds is 4. The van der Waals surface area contributed by atoms with E-state index in [1.807, 2.05) is 13.0 Å². The lowest BCUT2D eigenvalue weighted by molar-refractivity contribution is 0.0925. The Morgan fingerprint density at radius 2 is 2.24 bits per heavy atom. The SMILES string of the molecule is CCc1cc(C(=O)NC2CCCN(S(C)(=O)=O)C2)sc1C. The van der Waals surface area contributed by atoms with Crippen LogP contribution in [-0.4, -0.2) is 44.0 Å². The summed E-state index contributed by atoms with van der Waals surface area (Å²) in [6.45, 7) is 5.01. The van der Waals surface area contributed by atoms with E-state index in [0.717, 1.165) is 19.3 Å². The van der Waals surface area contributed by atoms with E-state index in [4.69, 9.17) is 0 Å². The number of hydrogen-bond acceptors (Lipinski definition) is 4. The minimum Gasteiger partial charge on any atom is -0.347 e. The number of sulfonamides is 1. The number of carbonyl (C=O) groups excluding carboxylic acids is 1. The first kappa shape index (κ1) is 16.5. The molecule has 2 heterocycles. The maximum absolute atomic E-state index is 12.3. The highest BCUT2D eigenvalue weighted by Gasteiger charge is 2.27. The van der Waals surface area contributed by atoms with Crippen molar-refractivity contribution in [2.75, 3.05) is 19.3 Å². The summed E-state index contributed by atoms with van der Waals surface area (Å²) >= 11 is 1.50. The van der Waals surface area contributed by atoms with Crippen molar-refractivity contribution in [2.45, 2.75) is 39.2 Å². The van der Waals surface area contributed by atoms with Crippen LogP contribution in [0.3, 0.4) is 0 Å². The molecule has 1 amide bonds. The monoisotopic (exact) mass is 330 g/mol. The zero-order chi connectivity index (χ0) is 15.6.